The second-order valence-corrected chi connectivity index (χ2v) is 7.85. The molecule has 7 nitrogen and oxygen atoms in total. The van der Waals surface area contributed by atoms with E-state index in [0.717, 1.165) is 33.5 Å². The largest absolute Gasteiger partial charge is 0.361 e. The maximum atomic E-state index is 12.7. The minimum Gasteiger partial charge on any atom is -0.361 e. The summed E-state index contributed by atoms with van der Waals surface area (Å²) >= 11 is 1.11. The number of nitrogens with zero attached hydrogens (tertiary/aromatic N) is 3. The predicted octanol–water partition coefficient (Wildman–Crippen LogP) is 1.61. The molecule has 0 radical (unpaired) electrons. The van der Waals surface area contributed by atoms with Crippen molar-refractivity contribution >= 4 is 34.1 Å². The molecule has 0 aliphatic carbocycles. The minimum atomic E-state index is -0.113. The van der Waals surface area contributed by atoms with Crippen molar-refractivity contribution in [1.29, 1.82) is 0 Å². The summed E-state index contributed by atoms with van der Waals surface area (Å²) in [6, 6.07) is 7.94. The Labute approximate surface area is 166 Å². The van der Waals surface area contributed by atoms with Gasteiger partial charge in [-0.1, -0.05) is 29.5 Å². The maximum Gasteiger partial charge on any atom is 0.307 e. The number of fused-ring (bicyclic) bond motifs is 1. The van der Waals surface area contributed by atoms with Crippen LogP contribution in [0.5, 0.6) is 0 Å². The van der Waals surface area contributed by atoms with E-state index >= 15 is 0 Å². The highest BCUT2D eigenvalue weighted by Crippen LogP contribution is 2.19. The molecule has 0 bridgehead atoms. The van der Waals surface area contributed by atoms with Crippen molar-refractivity contribution < 1.29 is 9.59 Å². The Bertz CT molecular complexity index is 1070. The van der Waals surface area contributed by atoms with Gasteiger partial charge >= 0.3 is 4.87 Å². The van der Waals surface area contributed by atoms with E-state index in [0.29, 0.717) is 32.6 Å². The lowest BCUT2D eigenvalue weighted by molar-refractivity contribution is -0.139. The number of nitrogens with one attached hydrogen (secondary N) is 1. The van der Waals surface area contributed by atoms with Gasteiger partial charge in [0.2, 0.25) is 11.8 Å². The monoisotopic (exact) mass is 398 g/mol. The summed E-state index contributed by atoms with van der Waals surface area (Å²) in [4.78, 5) is 43.6. The van der Waals surface area contributed by atoms with Crippen LogP contribution in [0.25, 0.3) is 10.9 Å². The van der Waals surface area contributed by atoms with Crippen LogP contribution in [0.2, 0.25) is 0 Å². The number of aryl methyl sites for hydroxylation is 1. The summed E-state index contributed by atoms with van der Waals surface area (Å²) in [6.07, 6.45) is 2.24. The van der Waals surface area contributed by atoms with Crippen molar-refractivity contribution in [3.05, 3.63) is 56.8 Å². The van der Waals surface area contributed by atoms with E-state index < -0.39 is 0 Å². The molecule has 4 rings (SSSR count). The van der Waals surface area contributed by atoms with Crippen LogP contribution in [0.4, 0.5) is 0 Å². The second-order valence-electron chi connectivity index (χ2n) is 7.03. The Balaban J connectivity index is 1.34. The molecule has 0 spiro atoms. The number of aromatic nitrogens is 2. The van der Waals surface area contributed by atoms with Crippen LogP contribution >= 0.6 is 11.3 Å². The maximum absolute atomic E-state index is 12.7. The third-order valence-electron chi connectivity index (χ3n) is 5.27. The number of para-hydroxylation sites is 1. The number of thiazole rings is 1. The third kappa shape index (κ3) is 3.60. The van der Waals surface area contributed by atoms with Gasteiger partial charge in [-0.3, -0.25) is 19.0 Å². The molecule has 146 valence electrons. The van der Waals surface area contributed by atoms with Gasteiger partial charge < -0.3 is 14.8 Å². The lowest BCUT2D eigenvalue weighted by Crippen LogP contribution is -2.51. The quantitative estimate of drug-likeness (QED) is 0.725. The number of carbonyl (C=O) groups excluding carboxylic acids is 2. The van der Waals surface area contributed by atoms with Gasteiger partial charge in [0.05, 0.1) is 6.42 Å². The summed E-state index contributed by atoms with van der Waals surface area (Å²) in [6.45, 7) is 3.92. The first-order chi connectivity index (χ1) is 13.5. The molecule has 1 N–H and O–H groups in total. The number of amides is 2. The molecule has 1 aliphatic heterocycles. The SMILES string of the molecule is Cc1csc(=O)n1CC(=O)N1CCN(C(=O)Cc2c[nH]c3ccccc23)CC1. The summed E-state index contributed by atoms with van der Waals surface area (Å²) in [5.41, 5.74) is 2.82. The highest BCUT2D eigenvalue weighted by molar-refractivity contribution is 7.07. The highest BCUT2D eigenvalue weighted by atomic mass is 32.1. The molecule has 0 unspecified atom stereocenters. The van der Waals surface area contributed by atoms with Gasteiger partial charge in [-0.2, -0.15) is 0 Å². The Morgan fingerprint density at radius 2 is 1.75 bits per heavy atom. The van der Waals surface area contributed by atoms with E-state index in [1.165, 1.54) is 4.57 Å². The standard InChI is InChI=1S/C20H22N4O3S/c1-14-13-28-20(27)24(14)12-19(26)23-8-6-22(7-9-23)18(25)10-15-11-21-17-5-3-2-4-16(15)17/h2-5,11,13,21H,6-10,12H2,1H3. The third-order valence-corrected chi connectivity index (χ3v) is 6.15. The van der Waals surface area contributed by atoms with Crippen LogP contribution in [0.3, 0.4) is 0 Å². The molecule has 1 fully saturated rings. The molecule has 0 atom stereocenters. The van der Waals surface area contributed by atoms with E-state index in [-0.39, 0.29) is 23.2 Å². The second kappa shape index (κ2) is 7.63. The van der Waals surface area contributed by atoms with Gasteiger partial charge in [-0.05, 0) is 18.6 Å². The van der Waals surface area contributed by atoms with Gasteiger partial charge in [-0.15, -0.1) is 0 Å². The summed E-state index contributed by atoms with van der Waals surface area (Å²) in [7, 11) is 0. The van der Waals surface area contributed by atoms with Gasteiger partial charge in [0.15, 0.2) is 0 Å². The fourth-order valence-electron chi connectivity index (χ4n) is 3.59. The smallest absolute Gasteiger partial charge is 0.307 e. The number of benzene rings is 1. The van der Waals surface area contributed by atoms with Crippen LogP contribution in [-0.4, -0.2) is 57.3 Å². The molecule has 8 heteroatoms. The predicted molar refractivity (Wildman–Crippen MR) is 108 cm³/mol. The van der Waals surface area contributed by atoms with Gasteiger partial charge in [0, 0.05) is 54.4 Å². The Morgan fingerprint density at radius 1 is 1.07 bits per heavy atom. The zero-order valence-corrected chi connectivity index (χ0v) is 16.5. The van der Waals surface area contributed by atoms with Crippen LogP contribution in [0, 0.1) is 6.92 Å². The van der Waals surface area contributed by atoms with Gasteiger partial charge in [0.1, 0.15) is 6.54 Å². The number of rotatable bonds is 4. The van der Waals surface area contributed by atoms with Crippen LogP contribution in [0.1, 0.15) is 11.3 Å². The number of hydrogen-bond acceptors (Lipinski definition) is 4. The van der Waals surface area contributed by atoms with Crippen LogP contribution < -0.4 is 4.87 Å². The van der Waals surface area contributed by atoms with Crippen LogP contribution in [0.15, 0.2) is 40.6 Å². The molecule has 2 aromatic heterocycles. The van der Waals surface area contributed by atoms with Gasteiger partial charge in [-0.25, -0.2) is 0 Å². The first kappa shape index (κ1) is 18.5. The molecule has 2 amide bonds. The fraction of sp³-hybridized carbons (Fsp3) is 0.350. The zero-order chi connectivity index (χ0) is 19.7. The molecular weight excluding hydrogens is 376 g/mol. The van der Waals surface area contributed by atoms with E-state index in [4.69, 9.17) is 0 Å². The summed E-state index contributed by atoms with van der Waals surface area (Å²) in [5, 5.41) is 2.83. The molecule has 3 heterocycles. The van der Waals surface area contributed by atoms with E-state index in [1.807, 2.05) is 42.3 Å². The summed E-state index contributed by atoms with van der Waals surface area (Å²) in [5.74, 6) is -0.00548. The van der Waals surface area contributed by atoms with E-state index in [2.05, 4.69) is 4.98 Å². The van der Waals surface area contributed by atoms with Crippen LogP contribution in [-0.2, 0) is 22.6 Å². The minimum absolute atomic E-state index is 0.0669. The molecule has 1 saturated heterocycles. The van der Waals surface area contributed by atoms with E-state index in [1.54, 1.807) is 10.3 Å². The molecule has 0 saturated carbocycles. The average molecular weight is 398 g/mol. The Morgan fingerprint density at radius 3 is 2.43 bits per heavy atom. The molecule has 3 aromatic rings. The Kier molecular flexibility index (Phi) is 5.04. The van der Waals surface area contributed by atoms with E-state index in [9.17, 15) is 14.4 Å². The van der Waals surface area contributed by atoms with Crippen molar-refractivity contribution in [3.63, 3.8) is 0 Å². The molecule has 1 aliphatic rings. The fourth-order valence-corrected chi connectivity index (χ4v) is 4.32. The number of H-pyrrole nitrogens is 1. The van der Waals surface area contributed by atoms with Crippen molar-refractivity contribution in [2.75, 3.05) is 26.2 Å². The highest BCUT2D eigenvalue weighted by Gasteiger charge is 2.25. The number of hydrogen-bond donors (Lipinski definition) is 1. The van der Waals surface area contributed by atoms with Crippen molar-refractivity contribution in [1.82, 2.24) is 19.4 Å². The van der Waals surface area contributed by atoms with Crippen molar-refractivity contribution in [2.24, 2.45) is 0 Å². The lowest BCUT2D eigenvalue weighted by atomic mass is 10.1. The average Bonchev–Trinajstić information content (AvgIpc) is 3.26. The zero-order valence-electron chi connectivity index (χ0n) is 15.7. The van der Waals surface area contributed by atoms with Crippen molar-refractivity contribution in [2.45, 2.75) is 19.9 Å². The van der Waals surface area contributed by atoms with Crippen molar-refractivity contribution in [3.8, 4) is 0 Å². The topological polar surface area (TPSA) is 78.4 Å². The molecule has 1 aromatic carbocycles. The first-order valence-corrected chi connectivity index (χ1v) is 10.2. The lowest BCUT2D eigenvalue weighted by Gasteiger charge is -2.35. The summed E-state index contributed by atoms with van der Waals surface area (Å²) < 4.78 is 1.50. The first-order valence-electron chi connectivity index (χ1n) is 9.28. The number of piperazine rings is 1. The number of aromatic amines is 1. The molecular formula is C20H22N4O3S. The van der Waals surface area contributed by atoms with Gasteiger partial charge in [0.25, 0.3) is 0 Å². The molecule has 28 heavy (non-hydrogen) atoms. The normalized spacial score (nSPS) is 14.6. The number of carbonyl (C=O) groups is 2. The Hall–Kier alpha value is -2.87.